The van der Waals surface area contributed by atoms with Crippen LogP contribution in [0.1, 0.15) is 6.92 Å². The van der Waals surface area contributed by atoms with E-state index in [2.05, 4.69) is 6.58 Å². The minimum atomic E-state index is -0.999. The minimum absolute atomic E-state index is 0.0802. The van der Waals surface area contributed by atoms with Crippen LogP contribution in [0.3, 0.4) is 0 Å². The summed E-state index contributed by atoms with van der Waals surface area (Å²) in [5, 5.41) is 19.5. The maximum Gasteiger partial charge on any atom is 0.341 e. The summed E-state index contributed by atoms with van der Waals surface area (Å²) >= 11 is 0. The largest absolute Gasteiger partial charge is 0.423 e. The van der Waals surface area contributed by atoms with Crippen LogP contribution in [0.2, 0.25) is 0 Å². The van der Waals surface area contributed by atoms with Gasteiger partial charge in [0.2, 0.25) is 0 Å². The smallest absolute Gasteiger partial charge is 0.341 e. The zero-order chi connectivity index (χ0) is 13.0. The van der Waals surface area contributed by atoms with Gasteiger partial charge in [0.25, 0.3) is 5.69 Å². The third-order valence-electron chi connectivity index (χ3n) is 2.02. The monoisotopic (exact) mass is 237 g/mol. The molecule has 0 heterocycles. The van der Waals surface area contributed by atoms with Gasteiger partial charge in [-0.25, -0.2) is 4.79 Å². The van der Waals surface area contributed by atoms with Crippen LogP contribution in [-0.2, 0) is 4.79 Å². The van der Waals surface area contributed by atoms with E-state index in [0.717, 1.165) is 0 Å². The van der Waals surface area contributed by atoms with E-state index in [1.54, 1.807) is 0 Å². The number of non-ortho nitro benzene ring substituents is 1. The molecule has 1 rings (SSSR count). The van der Waals surface area contributed by atoms with Crippen molar-refractivity contribution in [1.29, 1.82) is 0 Å². The molecule has 1 aromatic rings. The molecule has 1 N–H and O–H groups in total. The number of hydrogen-bond donors (Lipinski definition) is 1. The molecule has 0 aromatic heterocycles. The molecule has 1 atom stereocenters. The first-order valence-corrected chi connectivity index (χ1v) is 4.75. The normalized spacial score (nSPS) is 11.6. The molecule has 17 heavy (non-hydrogen) atoms. The van der Waals surface area contributed by atoms with Crippen LogP contribution in [0.5, 0.6) is 5.75 Å². The molecular formula is C11H11NO5. The molecule has 0 spiro atoms. The summed E-state index contributed by atoms with van der Waals surface area (Å²) in [4.78, 5) is 21.2. The first-order valence-electron chi connectivity index (χ1n) is 4.75. The van der Waals surface area contributed by atoms with E-state index in [1.807, 2.05) is 0 Å². The summed E-state index contributed by atoms with van der Waals surface area (Å²) in [6, 6.07) is 5.03. The van der Waals surface area contributed by atoms with Crippen LogP contribution >= 0.6 is 0 Å². The lowest BCUT2D eigenvalue weighted by Gasteiger charge is -2.08. The number of hydrogen-bond acceptors (Lipinski definition) is 5. The Bertz CT molecular complexity index is 449. The molecule has 0 fully saturated rings. The van der Waals surface area contributed by atoms with E-state index in [0.29, 0.717) is 0 Å². The van der Waals surface area contributed by atoms with Gasteiger partial charge in [-0.15, -0.1) is 0 Å². The summed E-state index contributed by atoms with van der Waals surface area (Å²) < 4.78 is 4.85. The number of nitro benzene ring substituents is 1. The van der Waals surface area contributed by atoms with Crippen molar-refractivity contribution in [3.05, 3.63) is 46.5 Å². The number of nitrogens with zero attached hydrogens (tertiary/aromatic N) is 1. The number of benzene rings is 1. The van der Waals surface area contributed by atoms with Crippen LogP contribution < -0.4 is 4.74 Å². The second kappa shape index (κ2) is 5.22. The summed E-state index contributed by atoms with van der Waals surface area (Å²) in [5.74, 6) is -0.615. The van der Waals surface area contributed by atoms with Crippen LogP contribution in [-0.4, -0.2) is 22.1 Å². The number of carbonyl (C=O) groups is 1. The second-order valence-electron chi connectivity index (χ2n) is 3.34. The highest BCUT2D eigenvalue weighted by Gasteiger charge is 2.15. The van der Waals surface area contributed by atoms with Gasteiger partial charge in [-0.05, 0) is 19.1 Å². The fraction of sp³-hybridized carbons (Fsp3) is 0.182. The maximum atomic E-state index is 11.4. The fourth-order valence-electron chi connectivity index (χ4n) is 0.979. The van der Waals surface area contributed by atoms with Crippen molar-refractivity contribution in [2.24, 2.45) is 0 Å². The van der Waals surface area contributed by atoms with Gasteiger partial charge in [-0.2, -0.15) is 0 Å². The van der Waals surface area contributed by atoms with Crippen LogP contribution in [0.4, 0.5) is 5.69 Å². The lowest BCUT2D eigenvalue weighted by molar-refractivity contribution is -0.384. The SMILES string of the molecule is C=C(C(=O)Oc1ccc([N+](=O)[O-])cc1)C(C)O. The molecule has 0 aliphatic rings. The summed E-state index contributed by atoms with van der Waals surface area (Å²) in [7, 11) is 0. The van der Waals surface area contributed by atoms with Crippen LogP contribution in [0.15, 0.2) is 36.4 Å². The predicted molar refractivity (Wildman–Crippen MR) is 59.6 cm³/mol. The maximum absolute atomic E-state index is 11.4. The summed E-state index contributed by atoms with van der Waals surface area (Å²) in [5.41, 5.74) is -0.178. The number of ether oxygens (including phenoxy) is 1. The van der Waals surface area contributed by atoms with E-state index in [9.17, 15) is 14.9 Å². The Labute approximate surface area is 97.3 Å². The lowest BCUT2D eigenvalue weighted by Crippen LogP contribution is -2.18. The lowest BCUT2D eigenvalue weighted by atomic mass is 10.2. The van der Waals surface area contributed by atoms with Gasteiger partial charge in [0.05, 0.1) is 16.6 Å². The van der Waals surface area contributed by atoms with Gasteiger partial charge in [0, 0.05) is 12.1 Å². The highest BCUT2D eigenvalue weighted by molar-refractivity contribution is 5.90. The zero-order valence-corrected chi connectivity index (χ0v) is 9.12. The first kappa shape index (κ1) is 12.9. The number of carbonyl (C=O) groups excluding carboxylic acids is 1. The molecule has 6 heteroatoms. The van der Waals surface area contributed by atoms with Crippen molar-refractivity contribution in [2.75, 3.05) is 0 Å². The average molecular weight is 237 g/mol. The Balaban J connectivity index is 2.73. The molecule has 1 unspecified atom stereocenters. The molecule has 0 saturated heterocycles. The topological polar surface area (TPSA) is 89.7 Å². The fourth-order valence-corrected chi connectivity index (χ4v) is 0.979. The quantitative estimate of drug-likeness (QED) is 0.281. The van der Waals surface area contributed by atoms with Gasteiger partial charge in [-0.3, -0.25) is 10.1 Å². The Kier molecular flexibility index (Phi) is 3.95. The summed E-state index contributed by atoms with van der Waals surface area (Å²) in [6.45, 7) is 4.75. The van der Waals surface area contributed by atoms with Crippen LogP contribution in [0, 0.1) is 10.1 Å². The average Bonchev–Trinajstić information content (AvgIpc) is 2.28. The van der Waals surface area contributed by atoms with Crippen LogP contribution in [0.25, 0.3) is 0 Å². The molecular weight excluding hydrogens is 226 g/mol. The van der Waals surface area contributed by atoms with Crippen molar-refractivity contribution in [3.8, 4) is 5.75 Å². The van der Waals surface area contributed by atoms with Crippen molar-refractivity contribution in [3.63, 3.8) is 0 Å². The number of aliphatic hydroxyl groups is 1. The molecule has 6 nitrogen and oxygen atoms in total. The van der Waals surface area contributed by atoms with Gasteiger partial charge in [-0.1, -0.05) is 6.58 Å². The minimum Gasteiger partial charge on any atom is -0.423 e. The highest BCUT2D eigenvalue weighted by atomic mass is 16.6. The third kappa shape index (κ3) is 3.39. The van der Waals surface area contributed by atoms with Gasteiger partial charge >= 0.3 is 5.97 Å². The van der Waals surface area contributed by atoms with E-state index < -0.39 is 17.0 Å². The van der Waals surface area contributed by atoms with Gasteiger partial charge in [0.1, 0.15) is 5.75 Å². The number of aliphatic hydroxyl groups excluding tert-OH is 1. The van der Waals surface area contributed by atoms with Crippen molar-refractivity contribution in [2.45, 2.75) is 13.0 Å². The van der Waals surface area contributed by atoms with E-state index >= 15 is 0 Å². The van der Waals surface area contributed by atoms with Crippen molar-refractivity contribution < 1.29 is 19.6 Å². The van der Waals surface area contributed by atoms with E-state index in [-0.39, 0.29) is 17.0 Å². The van der Waals surface area contributed by atoms with E-state index in [1.165, 1.54) is 31.2 Å². The first-order chi connectivity index (χ1) is 7.91. The molecule has 0 radical (unpaired) electrons. The molecule has 0 aliphatic heterocycles. The Morgan fingerprint density at radius 1 is 1.47 bits per heavy atom. The predicted octanol–water partition coefficient (Wildman–Crippen LogP) is 1.44. The summed E-state index contributed by atoms with van der Waals surface area (Å²) in [6.07, 6.45) is -0.999. The molecule has 0 bridgehead atoms. The standard InChI is InChI=1S/C11H11NO5/c1-7(8(2)13)11(14)17-10-5-3-9(4-6-10)12(15)16/h3-6,8,13H,1H2,2H3. The molecule has 90 valence electrons. The number of esters is 1. The molecule has 1 aromatic carbocycles. The number of nitro groups is 1. The Morgan fingerprint density at radius 3 is 2.41 bits per heavy atom. The van der Waals surface area contributed by atoms with E-state index in [4.69, 9.17) is 9.84 Å². The zero-order valence-electron chi connectivity index (χ0n) is 9.12. The number of rotatable bonds is 4. The molecule has 0 amide bonds. The second-order valence-corrected chi connectivity index (χ2v) is 3.34. The van der Waals surface area contributed by atoms with Gasteiger partial charge < -0.3 is 9.84 Å². The molecule has 0 aliphatic carbocycles. The van der Waals surface area contributed by atoms with Crippen molar-refractivity contribution in [1.82, 2.24) is 0 Å². The van der Waals surface area contributed by atoms with Gasteiger partial charge in [0.15, 0.2) is 0 Å². The third-order valence-corrected chi connectivity index (χ3v) is 2.02. The highest BCUT2D eigenvalue weighted by Crippen LogP contribution is 2.18. The Hall–Kier alpha value is -2.21. The Morgan fingerprint density at radius 2 is 2.00 bits per heavy atom. The van der Waals surface area contributed by atoms with Crippen molar-refractivity contribution >= 4 is 11.7 Å². The molecule has 0 saturated carbocycles.